The highest BCUT2D eigenvalue weighted by atomic mass is 32.2. The third kappa shape index (κ3) is 4.58. The second-order valence-corrected chi connectivity index (χ2v) is 8.15. The van der Waals surface area contributed by atoms with Crippen molar-refractivity contribution in [2.45, 2.75) is 24.2 Å². The van der Waals surface area contributed by atoms with E-state index < -0.39 is 21.7 Å². The lowest BCUT2D eigenvalue weighted by molar-refractivity contribution is 0.0955. The molecule has 142 valence electrons. The number of carbonyl (C=O) groups excluding carboxylic acids is 1. The summed E-state index contributed by atoms with van der Waals surface area (Å²) < 4.78 is 40.4. The molecular weight excluding hydrogens is 369 g/mol. The fourth-order valence-electron chi connectivity index (χ4n) is 2.86. The Morgan fingerprint density at radius 1 is 1.07 bits per heavy atom. The second kappa shape index (κ2) is 8.41. The van der Waals surface area contributed by atoms with Crippen molar-refractivity contribution in [3.05, 3.63) is 65.5 Å². The van der Waals surface area contributed by atoms with E-state index in [9.17, 15) is 17.6 Å². The number of benzene rings is 2. The quantitative estimate of drug-likeness (QED) is 0.631. The van der Waals surface area contributed by atoms with Crippen molar-refractivity contribution in [1.82, 2.24) is 9.73 Å². The number of carbonyl (C=O) groups is 1. The van der Waals surface area contributed by atoms with Gasteiger partial charge >= 0.3 is 0 Å². The van der Waals surface area contributed by atoms with Crippen LogP contribution in [0.15, 0.2) is 58.5 Å². The molecule has 27 heavy (non-hydrogen) atoms. The molecule has 2 aromatic rings. The maximum atomic E-state index is 13.5. The van der Waals surface area contributed by atoms with Crippen molar-refractivity contribution in [2.75, 3.05) is 13.1 Å². The average molecular weight is 389 g/mol. The van der Waals surface area contributed by atoms with Crippen LogP contribution in [0.5, 0.6) is 0 Å². The molecule has 1 saturated heterocycles. The minimum atomic E-state index is -3.62. The fourth-order valence-corrected chi connectivity index (χ4v) is 4.42. The van der Waals surface area contributed by atoms with Gasteiger partial charge in [0, 0.05) is 24.2 Å². The summed E-state index contributed by atoms with van der Waals surface area (Å²) in [5.41, 5.74) is 2.69. The summed E-state index contributed by atoms with van der Waals surface area (Å²) >= 11 is 0. The number of nitrogens with zero attached hydrogens (tertiary/aromatic N) is 2. The molecular formula is C19H20FN3O3S. The lowest BCUT2D eigenvalue weighted by Crippen LogP contribution is -2.35. The first kappa shape index (κ1) is 19.2. The monoisotopic (exact) mass is 389 g/mol. The third-order valence-corrected chi connectivity index (χ3v) is 6.22. The van der Waals surface area contributed by atoms with Gasteiger partial charge in [-0.1, -0.05) is 30.7 Å². The molecule has 1 N–H and O–H groups in total. The van der Waals surface area contributed by atoms with E-state index in [0.717, 1.165) is 19.3 Å². The summed E-state index contributed by atoms with van der Waals surface area (Å²) in [7, 11) is -3.62. The summed E-state index contributed by atoms with van der Waals surface area (Å²) in [6.45, 7) is 0.984. The molecule has 0 radical (unpaired) electrons. The Hall–Kier alpha value is -2.58. The first-order chi connectivity index (χ1) is 13.0. The summed E-state index contributed by atoms with van der Waals surface area (Å²) in [6, 6.07) is 11.9. The van der Waals surface area contributed by atoms with Gasteiger partial charge in [0.25, 0.3) is 5.91 Å². The van der Waals surface area contributed by atoms with Crippen LogP contribution in [0.3, 0.4) is 0 Å². The van der Waals surface area contributed by atoms with E-state index >= 15 is 0 Å². The maximum absolute atomic E-state index is 13.5. The first-order valence-electron chi connectivity index (χ1n) is 8.66. The van der Waals surface area contributed by atoms with Crippen LogP contribution < -0.4 is 5.43 Å². The zero-order chi connectivity index (χ0) is 19.3. The Morgan fingerprint density at radius 3 is 2.56 bits per heavy atom. The third-order valence-electron chi connectivity index (χ3n) is 4.32. The van der Waals surface area contributed by atoms with Crippen LogP contribution >= 0.6 is 0 Å². The van der Waals surface area contributed by atoms with Gasteiger partial charge in [0.1, 0.15) is 5.82 Å². The molecule has 3 rings (SSSR count). The lowest BCUT2D eigenvalue weighted by atomic mass is 10.2. The summed E-state index contributed by atoms with van der Waals surface area (Å²) in [5, 5.41) is 3.74. The Balaban J connectivity index is 1.73. The van der Waals surface area contributed by atoms with Gasteiger partial charge in [-0.15, -0.1) is 0 Å². The standard InChI is InChI=1S/C19H20FN3O3S/c20-18-10-3-2-7-16(18)14-21-22-19(24)15-8-6-9-17(13-15)27(25,26)23-11-4-1-5-12-23/h2-3,6-10,13-14H,1,4-5,11-12H2,(H,22,24). The number of hydrogen-bond acceptors (Lipinski definition) is 4. The zero-order valence-corrected chi connectivity index (χ0v) is 15.5. The van der Waals surface area contributed by atoms with E-state index in [-0.39, 0.29) is 16.0 Å². The van der Waals surface area contributed by atoms with Gasteiger partial charge in [0.2, 0.25) is 10.0 Å². The van der Waals surface area contributed by atoms with E-state index in [4.69, 9.17) is 0 Å². The van der Waals surface area contributed by atoms with Crippen LogP contribution in [0.1, 0.15) is 35.2 Å². The molecule has 1 amide bonds. The highest BCUT2D eigenvalue weighted by Crippen LogP contribution is 2.21. The predicted octanol–water partition coefficient (Wildman–Crippen LogP) is 2.76. The number of nitrogens with one attached hydrogen (secondary N) is 1. The van der Waals surface area contributed by atoms with Crippen molar-refractivity contribution in [3.63, 3.8) is 0 Å². The SMILES string of the molecule is O=C(NN=Cc1ccccc1F)c1cccc(S(=O)(=O)N2CCCCC2)c1. The highest BCUT2D eigenvalue weighted by Gasteiger charge is 2.26. The van der Waals surface area contributed by atoms with Crippen molar-refractivity contribution in [3.8, 4) is 0 Å². The Labute approximate surface area is 157 Å². The number of rotatable bonds is 5. The lowest BCUT2D eigenvalue weighted by Gasteiger charge is -2.25. The first-order valence-corrected chi connectivity index (χ1v) is 10.1. The number of hydrogen-bond donors (Lipinski definition) is 1. The largest absolute Gasteiger partial charge is 0.271 e. The topological polar surface area (TPSA) is 78.8 Å². The molecule has 0 saturated carbocycles. The van der Waals surface area contributed by atoms with E-state index in [2.05, 4.69) is 10.5 Å². The molecule has 0 spiro atoms. The normalized spacial score (nSPS) is 15.7. The molecule has 0 aromatic heterocycles. The van der Waals surface area contributed by atoms with Crippen LogP contribution in [0.2, 0.25) is 0 Å². The smallest absolute Gasteiger partial charge is 0.267 e. The maximum Gasteiger partial charge on any atom is 0.271 e. The van der Waals surface area contributed by atoms with Gasteiger partial charge in [-0.25, -0.2) is 18.2 Å². The minimum absolute atomic E-state index is 0.0788. The number of piperidine rings is 1. The molecule has 0 atom stereocenters. The Morgan fingerprint density at radius 2 is 1.81 bits per heavy atom. The zero-order valence-electron chi connectivity index (χ0n) is 14.6. The van der Waals surface area contributed by atoms with Gasteiger partial charge < -0.3 is 0 Å². The van der Waals surface area contributed by atoms with Gasteiger partial charge in [0.05, 0.1) is 11.1 Å². The van der Waals surface area contributed by atoms with Crippen LogP contribution in [-0.2, 0) is 10.0 Å². The predicted molar refractivity (Wildman–Crippen MR) is 101 cm³/mol. The number of hydrazone groups is 1. The van der Waals surface area contributed by atoms with Crippen molar-refractivity contribution in [1.29, 1.82) is 0 Å². The molecule has 0 unspecified atom stereocenters. The van der Waals surface area contributed by atoms with Crippen molar-refractivity contribution in [2.24, 2.45) is 5.10 Å². The molecule has 8 heteroatoms. The number of amides is 1. The summed E-state index contributed by atoms with van der Waals surface area (Å²) in [4.78, 5) is 12.3. The van der Waals surface area contributed by atoms with Crippen LogP contribution in [0.25, 0.3) is 0 Å². The molecule has 0 aliphatic carbocycles. The summed E-state index contributed by atoms with van der Waals surface area (Å²) in [6.07, 6.45) is 3.89. The molecule has 1 heterocycles. The molecule has 1 aliphatic rings. The molecule has 0 bridgehead atoms. The fraction of sp³-hybridized carbons (Fsp3) is 0.263. The Kier molecular flexibility index (Phi) is 5.98. The van der Waals surface area contributed by atoms with Crippen LogP contribution in [-0.4, -0.2) is 37.9 Å². The van der Waals surface area contributed by atoms with Gasteiger partial charge in [-0.3, -0.25) is 4.79 Å². The number of halogens is 1. The molecule has 2 aromatic carbocycles. The molecule has 1 aliphatic heterocycles. The van der Waals surface area contributed by atoms with E-state index in [1.165, 1.54) is 46.9 Å². The van der Waals surface area contributed by atoms with E-state index in [0.29, 0.717) is 13.1 Å². The molecule has 6 nitrogen and oxygen atoms in total. The van der Waals surface area contributed by atoms with Gasteiger partial charge in [-0.05, 0) is 37.1 Å². The van der Waals surface area contributed by atoms with Crippen molar-refractivity contribution < 1.29 is 17.6 Å². The van der Waals surface area contributed by atoms with E-state index in [1.807, 2.05) is 0 Å². The Bertz CT molecular complexity index is 954. The van der Waals surface area contributed by atoms with Gasteiger partial charge in [-0.2, -0.15) is 9.41 Å². The number of sulfonamides is 1. The summed E-state index contributed by atoms with van der Waals surface area (Å²) in [5.74, 6) is -1.02. The van der Waals surface area contributed by atoms with Crippen LogP contribution in [0.4, 0.5) is 4.39 Å². The van der Waals surface area contributed by atoms with Crippen molar-refractivity contribution >= 4 is 22.1 Å². The van der Waals surface area contributed by atoms with Gasteiger partial charge in [0.15, 0.2) is 0 Å². The second-order valence-electron chi connectivity index (χ2n) is 6.21. The minimum Gasteiger partial charge on any atom is -0.267 e. The average Bonchev–Trinajstić information content (AvgIpc) is 2.70. The van der Waals surface area contributed by atoms with E-state index in [1.54, 1.807) is 12.1 Å². The molecule has 1 fully saturated rings. The highest BCUT2D eigenvalue weighted by molar-refractivity contribution is 7.89. The van der Waals surface area contributed by atoms with Crippen LogP contribution in [0, 0.1) is 5.82 Å².